The maximum atomic E-state index is 5.41. The summed E-state index contributed by atoms with van der Waals surface area (Å²) in [5.74, 6) is 5.07. The minimum Gasteiger partial charge on any atom is -0.120 e. The van der Waals surface area contributed by atoms with Crippen molar-refractivity contribution in [2.24, 2.45) is 17.8 Å². The van der Waals surface area contributed by atoms with Crippen LogP contribution in [-0.2, 0) is 0 Å². The summed E-state index contributed by atoms with van der Waals surface area (Å²) in [5, 5.41) is 0. The third-order valence-electron chi connectivity index (χ3n) is 2.64. The first kappa shape index (κ1) is 7.66. The molecule has 0 N–H and O–H groups in total. The van der Waals surface area contributed by atoms with Crippen molar-refractivity contribution in [3.05, 3.63) is 0 Å². The molecule has 0 heteroatoms. The van der Waals surface area contributed by atoms with Crippen LogP contribution in [-0.4, -0.2) is 0 Å². The molecule has 2 atom stereocenters. The van der Waals surface area contributed by atoms with Gasteiger partial charge in [0.1, 0.15) is 0 Å². The summed E-state index contributed by atoms with van der Waals surface area (Å²) in [5.41, 5.74) is 0. The van der Waals surface area contributed by atoms with Crippen molar-refractivity contribution in [1.29, 1.82) is 0 Å². The van der Waals surface area contributed by atoms with E-state index in [1.807, 2.05) is 0 Å². The molecular weight excluding hydrogens is 120 g/mol. The highest BCUT2D eigenvalue weighted by Crippen LogP contribution is 2.35. The molecular formula is C10H16. The van der Waals surface area contributed by atoms with Gasteiger partial charge in [0.15, 0.2) is 0 Å². The predicted octanol–water partition coefficient (Wildman–Crippen LogP) is 2.69. The highest BCUT2D eigenvalue weighted by molar-refractivity contribution is 4.99. The van der Waals surface area contributed by atoms with E-state index in [2.05, 4.69) is 19.8 Å². The Morgan fingerprint density at radius 2 is 2.10 bits per heavy atom. The lowest BCUT2D eigenvalue weighted by molar-refractivity contribution is 0.347. The monoisotopic (exact) mass is 136 g/mol. The molecule has 0 heterocycles. The molecule has 0 bridgehead atoms. The summed E-state index contributed by atoms with van der Waals surface area (Å²) in [7, 11) is 0. The normalized spacial score (nSPS) is 32.6. The molecule has 0 amide bonds. The topological polar surface area (TPSA) is 0 Å². The zero-order chi connectivity index (χ0) is 7.56. The molecule has 0 aliphatic heterocycles. The lowest BCUT2D eigenvalue weighted by Gasteiger charge is -2.17. The zero-order valence-corrected chi connectivity index (χ0v) is 6.93. The van der Waals surface area contributed by atoms with Crippen molar-refractivity contribution in [1.82, 2.24) is 0 Å². The van der Waals surface area contributed by atoms with Gasteiger partial charge in [-0.15, -0.1) is 12.3 Å². The predicted molar refractivity (Wildman–Crippen MR) is 44.5 cm³/mol. The Labute approximate surface area is 64.0 Å². The van der Waals surface area contributed by atoms with E-state index in [9.17, 15) is 0 Å². The molecule has 1 fully saturated rings. The van der Waals surface area contributed by atoms with Crippen LogP contribution in [0.2, 0.25) is 0 Å². The van der Waals surface area contributed by atoms with Crippen LogP contribution in [0, 0.1) is 30.1 Å². The molecule has 56 valence electrons. The number of hydrogen-bond donors (Lipinski definition) is 0. The average Bonchev–Trinajstić information content (AvgIpc) is 2.33. The van der Waals surface area contributed by atoms with Crippen LogP contribution in [0.5, 0.6) is 0 Å². The lowest BCUT2D eigenvalue weighted by atomic mass is 9.87. The molecule has 1 rings (SSSR count). The van der Waals surface area contributed by atoms with E-state index in [4.69, 9.17) is 6.42 Å². The van der Waals surface area contributed by atoms with Gasteiger partial charge >= 0.3 is 0 Å². The van der Waals surface area contributed by atoms with Gasteiger partial charge in [0.05, 0.1) is 0 Å². The first-order valence-electron chi connectivity index (χ1n) is 4.22. The fourth-order valence-electron chi connectivity index (χ4n) is 1.99. The summed E-state index contributed by atoms with van der Waals surface area (Å²) in [4.78, 5) is 0. The average molecular weight is 136 g/mol. The minimum atomic E-state index is 0.583. The van der Waals surface area contributed by atoms with E-state index < -0.39 is 0 Å². The molecule has 0 aromatic heterocycles. The molecule has 0 saturated heterocycles. The smallest absolute Gasteiger partial charge is 0.0230 e. The van der Waals surface area contributed by atoms with Crippen molar-refractivity contribution in [3.63, 3.8) is 0 Å². The molecule has 0 aromatic carbocycles. The standard InChI is InChI=1S/C10H16/c1-4-9-6-5-7-10(9)8(2)3/h1,8-10H,5-7H2,2-3H3/t9-,10+/m1/s1. The van der Waals surface area contributed by atoms with Crippen molar-refractivity contribution in [2.75, 3.05) is 0 Å². The number of rotatable bonds is 1. The molecule has 1 saturated carbocycles. The molecule has 0 nitrogen and oxygen atoms in total. The van der Waals surface area contributed by atoms with Crippen molar-refractivity contribution < 1.29 is 0 Å². The van der Waals surface area contributed by atoms with Crippen LogP contribution in [0.15, 0.2) is 0 Å². The van der Waals surface area contributed by atoms with E-state index >= 15 is 0 Å². The van der Waals surface area contributed by atoms with Crippen LogP contribution in [0.3, 0.4) is 0 Å². The highest BCUT2D eigenvalue weighted by atomic mass is 14.3. The Bertz CT molecular complexity index is 139. The third-order valence-corrected chi connectivity index (χ3v) is 2.64. The Morgan fingerprint density at radius 3 is 2.50 bits per heavy atom. The van der Waals surface area contributed by atoms with Crippen LogP contribution in [0.4, 0.5) is 0 Å². The Morgan fingerprint density at radius 1 is 1.40 bits per heavy atom. The highest BCUT2D eigenvalue weighted by Gasteiger charge is 2.27. The SMILES string of the molecule is C#C[C@@H]1CCC[C@H]1C(C)C. The van der Waals surface area contributed by atoms with Crippen LogP contribution >= 0.6 is 0 Å². The van der Waals surface area contributed by atoms with E-state index in [0.29, 0.717) is 5.92 Å². The molecule has 0 spiro atoms. The Hall–Kier alpha value is -0.440. The van der Waals surface area contributed by atoms with E-state index in [-0.39, 0.29) is 0 Å². The maximum Gasteiger partial charge on any atom is 0.0230 e. The third kappa shape index (κ3) is 1.34. The van der Waals surface area contributed by atoms with Gasteiger partial charge in [-0.05, 0) is 24.7 Å². The van der Waals surface area contributed by atoms with Gasteiger partial charge in [0.2, 0.25) is 0 Å². The largest absolute Gasteiger partial charge is 0.120 e. The number of terminal acetylenes is 1. The Balaban J connectivity index is 2.52. The summed E-state index contributed by atoms with van der Waals surface area (Å²) in [6, 6.07) is 0. The van der Waals surface area contributed by atoms with Crippen molar-refractivity contribution in [2.45, 2.75) is 33.1 Å². The molecule has 10 heavy (non-hydrogen) atoms. The fraction of sp³-hybridized carbons (Fsp3) is 0.800. The van der Waals surface area contributed by atoms with Gasteiger partial charge in [-0.1, -0.05) is 20.3 Å². The minimum absolute atomic E-state index is 0.583. The molecule has 0 radical (unpaired) electrons. The zero-order valence-electron chi connectivity index (χ0n) is 6.93. The molecule has 0 aromatic rings. The first-order valence-corrected chi connectivity index (χ1v) is 4.22. The fourth-order valence-corrected chi connectivity index (χ4v) is 1.99. The second-order valence-electron chi connectivity index (χ2n) is 3.61. The summed E-state index contributed by atoms with van der Waals surface area (Å²) >= 11 is 0. The van der Waals surface area contributed by atoms with Gasteiger partial charge in [-0.25, -0.2) is 0 Å². The van der Waals surface area contributed by atoms with Crippen LogP contribution in [0.1, 0.15) is 33.1 Å². The molecule has 1 aliphatic carbocycles. The summed E-state index contributed by atoms with van der Waals surface area (Å²) in [6.45, 7) is 4.56. The number of hydrogen-bond acceptors (Lipinski definition) is 0. The van der Waals surface area contributed by atoms with Crippen LogP contribution < -0.4 is 0 Å². The van der Waals surface area contributed by atoms with E-state index in [1.54, 1.807) is 0 Å². The lowest BCUT2D eigenvalue weighted by Crippen LogP contribution is -2.12. The maximum absolute atomic E-state index is 5.41. The van der Waals surface area contributed by atoms with E-state index in [1.165, 1.54) is 19.3 Å². The van der Waals surface area contributed by atoms with Gasteiger partial charge in [0, 0.05) is 5.92 Å². The van der Waals surface area contributed by atoms with Gasteiger partial charge in [-0.3, -0.25) is 0 Å². The second kappa shape index (κ2) is 3.10. The quantitative estimate of drug-likeness (QED) is 0.486. The first-order chi connectivity index (χ1) is 4.75. The van der Waals surface area contributed by atoms with Gasteiger partial charge < -0.3 is 0 Å². The van der Waals surface area contributed by atoms with E-state index in [0.717, 1.165) is 11.8 Å². The van der Waals surface area contributed by atoms with Crippen molar-refractivity contribution in [3.8, 4) is 12.3 Å². The van der Waals surface area contributed by atoms with Crippen molar-refractivity contribution >= 4 is 0 Å². The molecule has 0 unspecified atom stereocenters. The van der Waals surface area contributed by atoms with Gasteiger partial charge in [-0.2, -0.15) is 0 Å². The van der Waals surface area contributed by atoms with Gasteiger partial charge in [0.25, 0.3) is 0 Å². The second-order valence-corrected chi connectivity index (χ2v) is 3.61. The summed E-state index contributed by atoms with van der Waals surface area (Å²) in [6.07, 6.45) is 9.37. The van der Waals surface area contributed by atoms with Crippen LogP contribution in [0.25, 0.3) is 0 Å². The Kier molecular flexibility index (Phi) is 2.38. The summed E-state index contributed by atoms with van der Waals surface area (Å²) < 4.78 is 0. The molecule has 1 aliphatic rings.